The van der Waals surface area contributed by atoms with E-state index in [2.05, 4.69) is 11.9 Å². The van der Waals surface area contributed by atoms with Crippen LogP contribution in [0, 0.1) is 0 Å². The largest absolute Gasteiger partial charge is 0.288 e. The molecule has 1 aliphatic rings. The zero-order valence-electron chi connectivity index (χ0n) is 20.3. The van der Waals surface area contributed by atoms with Crippen molar-refractivity contribution >= 4 is 54.9 Å². The summed E-state index contributed by atoms with van der Waals surface area (Å²) in [7, 11) is 1.50. The molecule has 36 heavy (non-hydrogen) atoms. The number of aromatic amines is 1. The van der Waals surface area contributed by atoms with Crippen LogP contribution in [0.2, 0.25) is 0 Å². The zero-order chi connectivity index (χ0) is 25.3. The van der Waals surface area contributed by atoms with E-state index in [4.69, 9.17) is 0 Å². The van der Waals surface area contributed by atoms with E-state index in [1.165, 1.54) is 7.05 Å². The summed E-state index contributed by atoms with van der Waals surface area (Å²) in [6.45, 7) is 4.05. The van der Waals surface area contributed by atoms with Gasteiger partial charge in [-0.2, -0.15) is 0 Å². The summed E-state index contributed by atoms with van der Waals surface area (Å²) in [6.07, 6.45) is 1.73. The molecular weight excluding hydrogens is 452 g/mol. The van der Waals surface area contributed by atoms with Crippen molar-refractivity contribution in [1.82, 2.24) is 9.88 Å². The molecule has 0 saturated carbocycles. The number of aromatic nitrogens is 1. The minimum atomic E-state index is -0.436. The predicted molar refractivity (Wildman–Crippen MR) is 143 cm³/mol. The number of imide groups is 1. The van der Waals surface area contributed by atoms with Crippen LogP contribution in [0.4, 0.5) is 0 Å². The second-order valence-corrected chi connectivity index (χ2v) is 9.68. The first-order valence-electron chi connectivity index (χ1n) is 12.2. The molecule has 0 spiro atoms. The maximum Gasteiger partial charge on any atom is 0.261 e. The number of carbonyl (C=O) groups excluding carboxylic acids is 2. The van der Waals surface area contributed by atoms with Crippen molar-refractivity contribution in [1.29, 1.82) is 0 Å². The molecule has 0 fully saturated rings. The summed E-state index contributed by atoms with van der Waals surface area (Å²) in [5.74, 6) is -0.677. The number of nitrogens with one attached hydrogen (secondary N) is 1. The lowest BCUT2D eigenvalue weighted by molar-refractivity contribution is 0.0651. The molecule has 6 nitrogen and oxygen atoms in total. The van der Waals surface area contributed by atoms with Crippen LogP contribution in [0.25, 0.3) is 43.1 Å². The van der Waals surface area contributed by atoms with Gasteiger partial charge >= 0.3 is 0 Å². The molecule has 2 amide bonds. The standard InChI is InChI=1S/C30H24N2O4/c1-4-5-15(2)17-8-9-19-21-11-13-23-26-22(29(35)32(3)30(23)36)12-10-20(25(21)26)18-7-6-16(14-24(18)19)27(33)31-28(17)34/h6-15H,4-5H2,1-3H3,(H,31,33,34). The van der Waals surface area contributed by atoms with E-state index in [1.54, 1.807) is 18.2 Å². The van der Waals surface area contributed by atoms with Crippen molar-refractivity contribution in [2.45, 2.75) is 32.6 Å². The van der Waals surface area contributed by atoms with Gasteiger partial charge in [0.2, 0.25) is 0 Å². The number of amides is 2. The molecule has 4 aromatic carbocycles. The van der Waals surface area contributed by atoms with Crippen molar-refractivity contribution in [2.75, 3.05) is 7.05 Å². The predicted octanol–water partition coefficient (Wildman–Crippen LogP) is 5.48. The summed E-state index contributed by atoms with van der Waals surface area (Å²) >= 11 is 0. The van der Waals surface area contributed by atoms with E-state index < -0.39 is 11.1 Å². The van der Waals surface area contributed by atoms with E-state index in [0.29, 0.717) is 27.5 Å². The SMILES string of the molecule is CCCC(C)c1ccc2c3cc(ccc3c3ccc4c5c(ccc2c53)C(=O)N(C)C4=O)c(=O)[nH]c1=O. The highest BCUT2D eigenvalue weighted by Gasteiger charge is 2.31. The molecule has 0 saturated heterocycles. The fourth-order valence-electron chi connectivity index (χ4n) is 5.70. The molecule has 1 unspecified atom stereocenters. The number of nitrogens with zero attached hydrogens (tertiary/aromatic N) is 1. The smallest absolute Gasteiger partial charge is 0.261 e. The average Bonchev–Trinajstić information content (AvgIpc) is 2.87. The van der Waals surface area contributed by atoms with Crippen LogP contribution in [-0.2, 0) is 0 Å². The molecule has 178 valence electrons. The van der Waals surface area contributed by atoms with E-state index in [0.717, 1.165) is 50.1 Å². The average molecular weight is 477 g/mol. The molecule has 0 aliphatic carbocycles. The topological polar surface area (TPSA) is 87.3 Å². The quantitative estimate of drug-likeness (QED) is 0.212. The zero-order valence-corrected chi connectivity index (χ0v) is 20.3. The Morgan fingerprint density at radius 1 is 0.722 bits per heavy atom. The van der Waals surface area contributed by atoms with E-state index in [-0.39, 0.29) is 17.7 Å². The number of rotatable bonds is 3. The fraction of sp³-hybridized carbons (Fsp3) is 0.200. The number of H-pyrrole nitrogens is 1. The molecule has 1 aromatic heterocycles. The molecule has 1 aliphatic heterocycles. The second kappa shape index (κ2) is 7.85. The highest BCUT2D eigenvalue weighted by Crippen LogP contribution is 2.42. The van der Waals surface area contributed by atoms with Crippen LogP contribution < -0.4 is 11.1 Å². The van der Waals surface area contributed by atoms with Gasteiger partial charge in [0, 0.05) is 34.5 Å². The summed E-state index contributed by atoms with van der Waals surface area (Å²) in [5.41, 5.74) is 0.711. The van der Waals surface area contributed by atoms with E-state index >= 15 is 0 Å². The highest BCUT2D eigenvalue weighted by molar-refractivity contribution is 6.36. The van der Waals surface area contributed by atoms with Gasteiger partial charge < -0.3 is 0 Å². The molecule has 1 N–H and O–H groups in total. The Bertz CT molecular complexity index is 1900. The van der Waals surface area contributed by atoms with Crippen LogP contribution in [0.1, 0.15) is 58.9 Å². The number of benzene rings is 4. The van der Waals surface area contributed by atoms with Crippen molar-refractivity contribution in [3.05, 3.63) is 92.0 Å². The van der Waals surface area contributed by atoms with Crippen LogP contribution in [-0.4, -0.2) is 28.7 Å². The maximum absolute atomic E-state index is 13.0. The molecule has 6 heteroatoms. The van der Waals surface area contributed by atoms with Crippen molar-refractivity contribution in [2.24, 2.45) is 0 Å². The van der Waals surface area contributed by atoms with Crippen LogP contribution in [0.5, 0.6) is 0 Å². The molecule has 2 bridgehead atoms. The Morgan fingerprint density at radius 3 is 1.92 bits per heavy atom. The maximum atomic E-state index is 13.0. The van der Waals surface area contributed by atoms with Crippen LogP contribution in [0.15, 0.2) is 64.2 Å². The molecule has 6 rings (SSSR count). The third kappa shape index (κ3) is 2.97. The Balaban J connectivity index is 1.87. The van der Waals surface area contributed by atoms with Gasteiger partial charge in [-0.3, -0.25) is 29.1 Å². The number of carbonyl (C=O) groups is 2. The summed E-state index contributed by atoms with van der Waals surface area (Å²) in [5, 5.41) is 6.31. The fourth-order valence-corrected chi connectivity index (χ4v) is 5.70. The number of hydrogen-bond donors (Lipinski definition) is 1. The summed E-state index contributed by atoms with van der Waals surface area (Å²) in [6, 6.07) is 16.5. The van der Waals surface area contributed by atoms with E-state index in [1.807, 2.05) is 43.3 Å². The third-order valence-electron chi connectivity index (χ3n) is 7.55. The lowest BCUT2D eigenvalue weighted by Crippen LogP contribution is -2.36. The molecular formula is C30H24N2O4. The minimum Gasteiger partial charge on any atom is -0.288 e. The van der Waals surface area contributed by atoms with Gasteiger partial charge in [0.15, 0.2) is 0 Å². The number of fused-ring (bicyclic) bond motifs is 3. The normalized spacial score (nSPS) is 14.4. The monoisotopic (exact) mass is 476 g/mol. The minimum absolute atomic E-state index is 0.0295. The van der Waals surface area contributed by atoms with Gasteiger partial charge in [0.25, 0.3) is 22.9 Å². The Kier molecular flexibility index (Phi) is 4.83. The first-order valence-corrected chi connectivity index (χ1v) is 12.2. The van der Waals surface area contributed by atoms with Gasteiger partial charge in [-0.05, 0) is 68.9 Å². The van der Waals surface area contributed by atoms with E-state index in [9.17, 15) is 19.2 Å². The van der Waals surface area contributed by atoms with Gasteiger partial charge in [0.1, 0.15) is 0 Å². The van der Waals surface area contributed by atoms with Crippen LogP contribution >= 0.6 is 0 Å². The summed E-state index contributed by atoms with van der Waals surface area (Å²) in [4.78, 5) is 55.7. The first kappa shape index (κ1) is 22.2. The van der Waals surface area contributed by atoms with Gasteiger partial charge in [-0.15, -0.1) is 0 Å². The molecule has 1 atom stereocenters. The molecule has 2 heterocycles. The second-order valence-electron chi connectivity index (χ2n) is 9.68. The third-order valence-corrected chi connectivity index (χ3v) is 7.55. The number of hydrogen-bond acceptors (Lipinski definition) is 4. The van der Waals surface area contributed by atoms with Crippen molar-refractivity contribution in [3.8, 4) is 0 Å². The first-order chi connectivity index (χ1) is 17.3. The molecule has 5 aromatic rings. The van der Waals surface area contributed by atoms with Crippen LogP contribution in [0.3, 0.4) is 0 Å². The van der Waals surface area contributed by atoms with Gasteiger partial charge in [-0.25, -0.2) is 0 Å². The highest BCUT2D eigenvalue weighted by atomic mass is 16.2. The molecule has 0 radical (unpaired) electrons. The Morgan fingerprint density at radius 2 is 1.31 bits per heavy atom. The summed E-state index contributed by atoms with van der Waals surface area (Å²) < 4.78 is 0. The van der Waals surface area contributed by atoms with Crippen molar-refractivity contribution in [3.63, 3.8) is 0 Å². The van der Waals surface area contributed by atoms with Crippen molar-refractivity contribution < 1.29 is 9.59 Å². The Labute approximate surface area is 206 Å². The lowest BCUT2D eigenvalue weighted by Gasteiger charge is -2.25. The van der Waals surface area contributed by atoms with Gasteiger partial charge in [-0.1, -0.05) is 50.6 Å². The Hall–Kier alpha value is -4.32. The lowest BCUT2D eigenvalue weighted by atomic mass is 9.85. The van der Waals surface area contributed by atoms with Gasteiger partial charge in [0.05, 0.1) is 0 Å².